The van der Waals surface area contributed by atoms with Crippen LogP contribution in [0.1, 0.15) is 33.6 Å². The largest absolute Gasteiger partial charge is 0.481 e. The lowest BCUT2D eigenvalue weighted by atomic mass is 9.95. The Morgan fingerprint density at radius 1 is 1.47 bits per heavy atom. The van der Waals surface area contributed by atoms with Gasteiger partial charge in [-0.05, 0) is 31.4 Å². The second-order valence-electron chi connectivity index (χ2n) is 5.08. The maximum Gasteiger partial charge on any atom is 0.308 e. The molecule has 1 aliphatic rings. The molecule has 1 amide bonds. The number of hydrogen-bond donors (Lipinski definition) is 2. The highest BCUT2D eigenvalue weighted by molar-refractivity contribution is 8.01. The third-order valence-corrected chi connectivity index (χ3v) is 4.82. The van der Waals surface area contributed by atoms with Crippen molar-refractivity contribution in [2.24, 2.45) is 11.8 Å². The minimum atomic E-state index is -0.843. The van der Waals surface area contributed by atoms with E-state index in [-0.39, 0.29) is 23.1 Å². The molecule has 1 saturated heterocycles. The molecule has 0 aliphatic carbocycles. The van der Waals surface area contributed by atoms with Crippen LogP contribution in [0.5, 0.6) is 0 Å². The fourth-order valence-electron chi connectivity index (χ4n) is 1.96. The summed E-state index contributed by atoms with van der Waals surface area (Å²) in [7, 11) is 0. The van der Waals surface area contributed by atoms with E-state index in [1.165, 1.54) is 0 Å². The average molecular weight is 259 g/mol. The Labute approximate surface area is 107 Å². The molecule has 1 fully saturated rings. The Morgan fingerprint density at radius 2 is 2.12 bits per heavy atom. The third kappa shape index (κ3) is 3.63. The van der Waals surface area contributed by atoms with E-state index in [2.05, 4.69) is 5.32 Å². The fourth-order valence-corrected chi connectivity index (χ4v) is 3.19. The first kappa shape index (κ1) is 14.4. The van der Waals surface area contributed by atoms with Crippen molar-refractivity contribution < 1.29 is 14.7 Å². The monoisotopic (exact) mass is 259 g/mol. The summed E-state index contributed by atoms with van der Waals surface area (Å²) in [6.45, 7) is 5.88. The van der Waals surface area contributed by atoms with E-state index in [1.54, 1.807) is 11.8 Å². The number of thioether (sulfide) groups is 1. The Balaban J connectivity index is 2.49. The van der Waals surface area contributed by atoms with Crippen molar-refractivity contribution in [1.29, 1.82) is 0 Å². The Kier molecular flexibility index (Phi) is 4.86. The van der Waals surface area contributed by atoms with Crippen LogP contribution in [-0.4, -0.2) is 34.0 Å². The number of carbonyl (C=O) groups is 2. The summed E-state index contributed by atoms with van der Waals surface area (Å²) in [5.74, 6) is -0.335. The smallest absolute Gasteiger partial charge is 0.308 e. The number of hydrogen-bond acceptors (Lipinski definition) is 3. The summed E-state index contributed by atoms with van der Waals surface area (Å²) in [4.78, 5) is 23.0. The molecule has 17 heavy (non-hydrogen) atoms. The van der Waals surface area contributed by atoms with E-state index in [1.807, 2.05) is 20.8 Å². The van der Waals surface area contributed by atoms with Crippen LogP contribution >= 0.6 is 11.8 Å². The highest BCUT2D eigenvalue weighted by atomic mass is 32.2. The van der Waals surface area contributed by atoms with E-state index in [0.717, 1.165) is 18.6 Å². The van der Waals surface area contributed by atoms with Gasteiger partial charge in [-0.25, -0.2) is 0 Å². The molecule has 1 heterocycles. The van der Waals surface area contributed by atoms with Crippen LogP contribution in [0.4, 0.5) is 0 Å². The van der Waals surface area contributed by atoms with E-state index in [9.17, 15) is 9.59 Å². The van der Waals surface area contributed by atoms with Crippen molar-refractivity contribution in [3.05, 3.63) is 0 Å². The number of amides is 1. The van der Waals surface area contributed by atoms with Gasteiger partial charge in [0, 0.05) is 6.54 Å². The van der Waals surface area contributed by atoms with Crippen molar-refractivity contribution >= 4 is 23.6 Å². The van der Waals surface area contributed by atoms with Gasteiger partial charge in [0.2, 0.25) is 5.91 Å². The van der Waals surface area contributed by atoms with E-state index < -0.39 is 11.9 Å². The SMILES string of the molecule is CC(C)C(CNC(=O)C1(C)CCCS1)C(=O)O. The van der Waals surface area contributed by atoms with E-state index in [0.29, 0.717) is 0 Å². The molecule has 0 saturated carbocycles. The van der Waals surface area contributed by atoms with E-state index in [4.69, 9.17) is 5.11 Å². The third-order valence-electron chi connectivity index (χ3n) is 3.30. The minimum absolute atomic E-state index is 0.0214. The molecule has 1 rings (SSSR count). The average Bonchev–Trinajstić information content (AvgIpc) is 2.65. The molecule has 2 atom stereocenters. The predicted molar refractivity (Wildman–Crippen MR) is 69.1 cm³/mol. The zero-order valence-corrected chi connectivity index (χ0v) is 11.5. The predicted octanol–water partition coefficient (Wildman–Crippen LogP) is 1.75. The summed E-state index contributed by atoms with van der Waals surface area (Å²) in [5.41, 5.74) is 0. The molecule has 0 aromatic heterocycles. The van der Waals surface area contributed by atoms with Crippen LogP contribution < -0.4 is 5.32 Å². The molecular formula is C12H21NO3S. The molecule has 98 valence electrons. The van der Waals surface area contributed by atoms with Crippen molar-refractivity contribution in [2.45, 2.75) is 38.4 Å². The maximum atomic E-state index is 12.0. The van der Waals surface area contributed by atoms with Crippen LogP contribution in [-0.2, 0) is 9.59 Å². The number of carbonyl (C=O) groups excluding carboxylic acids is 1. The molecule has 0 spiro atoms. The molecule has 1 aliphatic heterocycles. The summed E-state index contributed by atoms with van der Waals surface area (Å²) < 4.78 is -0.361. The molecular weight excluding hydrogens is 238 g/mol. The fraction of sp³-hybridized carbons (Fsp3) is 0.833. The van der Waals surface area contributed by atoms with Crippen LogP contribution in [0.15, 0.2) is 0 Å². The van der Waals surface area contributed by atoms with Gasteiger partial charge in [0.1, 0.15) is 0 Å². The number of carboxylic acids is 1. The first-order chi connectivity index (χ1) is 7.87. The minimum Gasteiger partial charge on any atom is -0.481 e. The number of aliphatic carboxylic acids is 1. The molecule has 0 radical (unpaired) electrons. The first-order valence-electron chi connectivity index (χ1n) is 6.02. The Hall–Kier alpha value is -0.710. The summed E-state index contributed by atoms with van der Waals surface area (Å²) in [6, 6.07) is 0. The molecule has 0 aromatic carbocycles. The van der Waals surface area contributed by atoms with Crippen molar-refractivity contribution in [1.82, 2.24) is 5.32 Å². The quantitative estimate of drug-likeness (QED) is 0.789. The van der Waals surface area contributed by atoms with Crippen LogP contribution in [0, 0.1) is 11.8 Å². The van der Waals surface area contributed by atoms with Crippen LogP contribution in [0.2, 0.25) is 0 Å². The number of carboxylic acid groups (broad SMARTS) is 1. The van der Waals surface area contributed by atoms with Gasteiger partial charge in [-0.1, -0.05) is 13.8 Å². The van der Waals surface area contributed by atoms with Crippen molar-refractivity contribution in [2.75, 3.05) is 12.3 Å². The lowest BCUT2D eigenvalue weighted by molar-refractivity contribution is -0.143. The molecule has 0 bridgehead atoms. The summed E-state index contributed by atoms with van der Waals surface area (Å²) >= 11 is 1.66. The van der Waals surface area contributed by atoms with Crippen molar-refractivity contribution in [3.8, 4) is 0 Å². The van der Waals surface area contributed by atoms with Gasteiger partial charge < -0.3 is 10.4 Å². The van der Waals surface area contributed by atoms with Crippen molar-refractivity contribution in [3.63, 3.8) is 0 Å². The molecule has 2 N–H and O–H groups in total. The second kappa shape index (κ2) is 5.76. The van der Waals surface area contributed by atoms with Gasteiger partial charge in [0.15, 0.2) is 0 Å². The first-order valence-corrected chi connectivity index (χ1v) is 7.00. The van der Waals surface area contributed by atoms with Gasteiger partial charge in [-0.2, -0.15) is 0 Å². The lowest BCUT2D eigenvalue weighted by Gasteiger charge is -2.24. The number of rotatable bonds is 5. The zero-order valence-electron chi connectivity index (χ0n) is 10.7. The number of nitrogens with one attached hydrogen (secondary N) is 1. The van der Waals surface area contributed by atoms with E-state index >= 15 is 0 Å². The molecule has 2 unspecified atom stereocenters. The highest BCUT2D eigenvalue weighted by Gasteiger charge is 2.37. The molecule has 4 nitrogen and oxygen atoms in total. The maximum absolute atomic E-state index is 12.0. The van der Waals surface area contributed by atoms with Gasteiger partial charge in [0.25, 0.3) is 0 Å². The van der Waals surface area contributed by atoms with Gasteiger partial charge in [0.05, 0.1) is 10.7 Å². The molecule has 0 aromatic rings. The Bertz CT molecular complexity index is 298. The molecule has 5 heteroatoms. The van der Waals surface area contributed by atoms with Crippen LogP contribution in [0.3, 0.4) is 0 Å². The highest BCUT2D eigenvalue weighted by Crippen LogP contribution is 2.37. The van der Waals surface area contributed by atoms with Gasteiger partial charge in [-0.3, -0.25) is 9.59 Å². The van der Waals surface area contributed by atoms with Crippen LogP contribution in [0.25, 0.3) is 0 Å². The summed E-state index contributed by atoms with van der Waals surface area (Å²) in [6.07, 6.45) is 1.93. The second-order valence-corrected chi connectivity index (χ2v) is 6.68. The standard InChI is InChI=1S/C12H21NO3S/c1-8(2)9(10(14)15)7-13-11(16)12(3)5-4-6-17-12/h8-9H,4-7H2,1-3H3,(H,13,16)(H,14,15). The topological polar surface area (TPSA) is 66.4 Å². The lowest BCUT2D eigenvalue weighted by Crippen LogP contribution is -2.44. The summed E-state index contributed by atoms with van der Waals surface area (Å²) in [5, 5.41) is 11.8. The van der Waals surface area contributed by atoms with Gasteiger partial charge >= 0.3 is 5.97 Å². The Morgan fingerprint density at radius 3 is 2.53 bits per heavy atom. The van der Waals surface area contributed by atoms with Gasteiger partial charge in [-0.15, -0.1) is 11.8 Å². The zero-order chi connectivity index (χ0) is 13.1. The normalized spacial score (nSPS) is 25.9.